The average Bonchev–Trinajstić information content (AvgIpc) is 2.38. The van der Waals surface area contributed by atoms with Gasteiger partial charge in [0.15, 0.2) is 0 Å². The molecule has 4 nitrogen and oxygen atoms in total. The molecule has 0 unspecified atom stereocenters. The zero-order valence-corrected chi connectivity index (χ0v) is 10.0. The van der Waals surface area contributed by atoms with Crippen molar-refractivity contribution in [2.45, 2.75) is 6.42 Å². The third-order valence-electron chi connectivity index (χ3n) is 2.13. The van der Waals surface area contributed by atoms with E-state index in [1.54, 1.807) is 19.2 Å². The summed E-state index contributed by atoms with van der Waals surface area (Å²) in [7, 11) is 1.64. The minimum Gasteiger partial charge on any atom is -0.492 e. The van der Waals surface area contributed by atoms with Crippen LogP contribution in [0.4, 0.5) is 0 Å². The summed E-state index contributed by atoms with van der Waals surface area (Å²) in [5.74, 6) is 0.631. The molecule has 4 heteroatoms. The van der Waals surface area contributed by atoms with Crippen LogP contribution in [-0.2, 0) is 9.47 Å². The molecule has 0 saturated carbocycles. The number of nitrogens with zero attached hydrogens (tertiary/aromatic N) is 1. The molecule has 0 atom stereocenters. The largest absolute Gasteiger partial charge is 0.492 e. The van der Waals surface area contributed by atoms with Crippen LogP contribution in [0.3, 0.4) is 0 Å². The lowest BCUT2D eigenvalue weighted by Gasteiger charge is -2.07. The van der Waals surface area contributed by atoms with Crippen molar-refractivity contribution >= 4 is 0 Å². The normalized spacial score (nSPS) is 9.88. The minimum absolute atomic E-state index is 0.547. The van der Waals surface area contributed by atoms with Gasteiger partial charge in [0.1, 0.15) is 11.8 Å². The van der Waals surface area contributed by atoms with Crippen LogP contribution in [0, 0.1) is 11.3 Å². The number of para-hydroxylation sites is 1. The summed E-state index contributed by atoms with van der Waals surface area (Å²) in [6, 6.07) is 9.30. The summed E-state index contributed by atoms with van der Waals surface area (Å²) in [4.78, 5) is 0. The predicted octanol–water partition coefficient (Wildman–Crippen LogP) is 1.99. The molecule has 1 aromatic rings. The average molecular weight is 235 g/mol. The lowest BCUT2D eigenvalue weighted by molar-refractivity contribution is 0.0644. The number of rotatable bonds is 8. The van der Waals surface area contributed by atoms with Crippen molar-refractivity contribution in [3.05, 3.63) is 29.8 Å². The molecular weight excluding hydrogens is 218 g/mol. The maximum atomic E-state index is 8.85. The summed E-state index contributed by atoms with van der Waals surface area (Å²) < 4.78 is 15.7. The van der Waals surface area contributed by atoms with Crippen LogP contribution in [0.1, 0.15) is 12.0 Å². The van der Waals surface area contributed by atoms with Crippen molar-refractivity contribution in [2.75, 3.05) is 33.5 Å². The second kappa shape index (κ2) is 8.57. The molecule has 17 heavy (non-hydrogen) atoms. The van der Waals surface area contributed by atoms with Gasteiger partial charge >= 0.3 is 0 Å². The number of hydrogen-bond acceptors (Lipinski definition) is 4. The van der Waals surface area contributed by atoms with Crippen LogP contribution in [0.15, 0.2) is 24.3 Å². The Morgan fingerprint density at radius 3 is 2.71 bits per heavy atom. The molecule has 92 valence electrons. The van der Waals surface area contributed by atoms with E-state index in [0.717, 1.165) is 6.42 Å². The van der Waals surface area contributed by atoms with Crippen molar-refractivity contribution in [3.8, 4) is 11.8 Å². The third kappa shape index (κ3) is 5.34. The second-order valence-corrected chi connectivity index (χ2v) is 3.42. The molecule has 1 rings (SSSR count). The molecule has 0 aliphatic rings. The van der Waals surface area contributed by atoms with Gasteiger partial charge in [-0.25, -0.2) is 0 Å². The highest BCUT2D eigenvalue weighted by Gasteiger charge is 2.00. The van der Waals surface area contributed by atoms with E-state index in [9.17, 15) is 0 Å². The van der Waals surface area contributed by atoms with Gasteiger partial charge in [-0.05, 0) is 12.1 Å². The number of benzene rings is 1. The zero-order valence-electron chi connectivity index (χ0n) is 10.0. The topological polar surface area (TPSA) is 51.5 Å². The van der Waals surface area contributed by atoms with Crippen LogP contribution >= 0.6 is 0 Å². The molecule has 0 heterocycles. The highest BCUT2D eigenvalue weighted by atomic mass is 16.5. The van der Waals surface area contributed by atoms with Gasteiger partial charge in [0, 0.05) is 20.1 Å². The van der Waals surface area contributed by atoms with Gasteiger partial charge in [-0.1, -0.05) is 12.1 Å². The lowest BCUT2D eigenvalue weighted by Crippen LogP contribution is -2.07. The Balaban J connectivity index is 2.16. The van der Waals surface area contributed by atoms with Gasteiger partial charge in [0.2, 0.25) is 0 Å². The Hall–Kier alpha value is -1.57. The number of hydrogen-bond donors (Lipinski definition) is 0. The molecule has 0 amide bonds. The van der Waals surface area contributed by atoms with Crippen LogP contribution < -0.4 is 4.74 Å². The van der Waals surface area contributed by atoms with Crippen molar-refractivity contribution in [1.82, 2.24) is 0 Å². The van der Waals surface area contributed by atoms with Gasteiger partial charge in [0.05, 0.1) is 25.4 Å². The first-order valence-electron chi connectivity index (χ1n) is 5.57. The number of methoxy groups -OCH3 is 1. The standard InChI is InChI=1S/C13H17NO3/c1-15-9-10-16-7-4-8-17-13-6-3-2-5-12(13)11-14/h2-3,5-6H,4,7-10H2,1H3. The molecule has 0 aromatic heterocycles. The zero-order chi connectivity index (χ0) is 12.3. The molecule has 0 bridgehead atoms. The Morgan fingerprint density at radius 1 is 1.12 bits per heavy atom. The first-order valence-corrected chi connectivity index (χ1v) is 5.57. The van der Waals surface area contributed by atoms with Crippen molar-refractivity contribution < 1.29 is 14.2 Å². The second-order valence-electron chi connectivity index (χ2n) is 3.42. The molecule has 0 spiro atoms. The molecule has 0 aliphatic heterocycles. The molecular formula is C13H17NO3. The van der Waals surface area contributed by atoms with Crippen LogP contribution in [0.25, 0.3) is 0 Å². The van der Waals surface area contributed by atoms with E-state index in [1.807, 2.05) is 12.1 Å². The highest BCUT2D eigenvalue weighted by molar-refractivity contribution is 5.42. The van der Waals surface area contributed by atoms with E-state index in [1.165, 1.54) is 0 Å². The Labute approximate surface area is 102 Å². The van der Waals surface area contributed by atoms with E-state index in [2.05, 4.69) is 6.07 Å². The Bertz CT molecular complexity index is 360. The summed E-state index contributed by atoms with van der Waals surface area (Å²) >= 11 is 0. The third-order valence-corrected chi connectivity index (χ3v) is 2.13. The highest BCUT2D eigenvalue weighted by Crippen LogP contribution is 2.16. The first kappa shape index (κ1) is 13.5. The molecule has 1 aromatic carbocycles. The number of nitriles is 1. The fourth-order valence-corrected chi connectivity index (χ4v) is 1.27. The van der Waals surface area contributed by atoms with Crippen molar-refractivity contribution in [2.24, 2.45) is 0 Å². The van der Waals surface area contributed by atoms with Gasteiger partial charge in [0.25, 0.3) is 0 Å². The number of ether oxygens (including phenoxy) is 3. The summed E-state index contributed by atoms with van der Waals surface area (Å²) in [5, 5.41) is 8.85. The molecule has 0 radical (unpaired) electrons. The maximum absolute atomic E-state index is 8.85. The van der Waals surface area contributed by atoms with Crippen molar-refractivity contribution in [1.29, 1.82) is 5.26 Å². The van der Waals surface area contributed by atoms with E-state index in [4.69, 9.17) is 19.5 Å². The molecule has 0 N–H and O–H groups in total. The summed E-state index contributed by atoms with van der Waals surface area (Å²) in [6.07, 6.45) is 0.795. The van der Waals surface area contributed by atoms with Crippen molar-refractivity contribution in [3.63, 3.8) is 0 Å². The van der Waals surface area contributed by atoms with E-state index in [0.29, 0.717) is 37.7 Å². The molecule has 0 saturated heterocycles. The smallest absolute Gasteiger partial charge is 0.137 e. The van der Waals surface area contributed by atoms with Gasteiger partial charge in [-0.3, -0.25) is 0 Å². The van der Waals surface area contributed by atoms with E-state index in [-0.39, 0.29) is 0 Å². The summed E-state index contributed by atoms with van der Waals surface area (Å²) in [6.45, 7) is 2.40. The van der Waals surface area contributed by atoms with Crippen LogP contribution in [0.5, 0.6) is 5.75 Å². The van der Waals surface area contributed by atoms with Crippen LogP contribution in [-0.4, -0.2) is 33.5 Å². The maximum Gasteiger partial charge on any atom is 0.137 e. The molecule has 0 fully saturated rings. The lowest BCUT2D eigenvalue weighted by atomic mass is 10.2. The van der Waals surface area contributed by atoms with E-state index < -0.39 is 0 Å². The minimum atomic E-state index is 0.547. The Morgan fingerprint density at radius 2 is 1.94 bits per heavy atom. The monoisotopic (exact) mass is 235 g/mol. The first-order chi connectivity index (χ1) is 8.38. The van der Waals surface area contributed by atoms with Crippen LogP contribution in [0.2, 0.25) is 0 Å². The van der Waals surface area contributed by atoms with Gasteiger partial charge in [-0.15, -0.1) is 0 Å². The van der Waals surface area contributed by atoms with E-state index >= 15 is 0 Å². The molecule has 0 aliphatic carbocycles. The Kier molecular flexibility index (Phi) is 6.80. The van der Waals surface area contributed by atoms with Gasteiger partial charge in [-0.2, -0.15) is 5.26 Å². The quantitative estimate of drug-likeness (QED) is 0.646. The fraction of sp³-hybridized carbons (Fsp3) is 0.462. The SMILES string of the molecule is COCCOCCCOc1ccccc1C#N. The summed E-state index contributed by atoms with van der Waals surface area (Å²) in [5.41, 5.74) is 0.563. The van der Waals surface area contributed by atoms with Gasteiger partial charge < -0.3 is 14.2 Å². The predicted molar refractivity (Wildman–Crippen MR) is 64.0 cm³/mol. The fourth-order valence-electron chi connectivity index (χ4n) is 1.27.